The third-order valence-electron chi connectivity index (χ3n) is 3.24. The maximum absolute atomic E-state index is 5.25. The summed E-state index contributed by atoms with van der Waals surface area (Å²) in [6.07, 6.45) is 2.54. The molecule has 1 aliphatic rings. The van der Waals surface area contributed by atoms with E-state index in [0.717, 1.165) is 24.2 Å². The van der Waals surface area contributed by atoms with Crippen LogP contribution in [-0.2, 0) is 6.42 Å². The van der Waals surface area contributed by atoms with Gasteiger partial charge in [-0.05, 0) is 35.9 Å². The highest BCUT2D eigenvalue weighted by atomic mass is 16.5. The van der Waals surface area contributed by atoms with Gasteiger partial charge in [0.25, 0.3) is 0 Å². The van der Waals surface area contributed by atoms with Crippen LogP contribution in [-0.4, -0.2) is 30.3 Å². The summed E-state index contributed by atoms with van der Waals surface area (Å²) in [5, 5.41) is 12.1. The van der Waals surface area contributed by atoms with Gasteiger partial charge in [-0.15, -0.1) is 0 Å². The fourth-order valence-electron chi connectivity index (χ4n) is 2.16. The molecule has 0 atom stereocenters. The van der Waals surface area contributed by atoms with Crippen molar-refractivity contribution >= 4 is 5.69 Å². The fraction of sp³-hybridized carbons (Fsp3) is 0.267. The van der Waals surface area contributed by atoms with Gasteiger partial charge in [-0.1, -0.05) is 23.4 Å². The molecule has 0 N–H and O–H groups in total. The molecule has 6 nitrogen and oxygen atoms in total. The van der Waals surface area contributed by atoms with Crippen LogP contribution in [0.3, 0.4) is 0 Å². The van der Waals surface area contributed by atoms with Crippen molar-refractivity contribution in [2.75, 3.05) is 25.3 Å². The number of benzene rings is 1. The fourth-order valence-corrected chi connectivity index (χ4v) is 2.16. The van der Waals surface area contributed by atoms with Crippen molar-refractivity contribution in [2.24, 2.45) is 10.4 Å². The number of ether oxygens (including phenoxy) is 1. The third kappa shape index (κ3) is 3.10. The lowest BCUT2D eigenvalue weighted by Gasteiger charge is -2.16. The van der Waals surface area contributed by atoms with E-state index in [9.17, 15) is 0 Å². The second kappa shape index (κ2) is 6.21. The zero-order valence-electron chi connectivity index (χ0n) is 11.8. The summed E-state index contributed by atoms with van der Waals surface area (Å²) in [5.41, 5.74) is 2.06. The molecule has 0 amide bonds. The van der Waals surface area contributed by atoms with E-state index in [1.807, 2.05) is 46.4 Å². The Morgan fingerprint density at radius 2 is 2.24 bits per heavy atom. The Morgan fingerprint density at radius 1 is 1.29 bits per heavy atom. The monoisotopic (exact) mass is 282 g/mol. The number of methoxy groups -OCH3 is 1. The number of aromatic nitrogens is 1. The summed E-state index contributed by atoms with van der Waals surface area (Å²) in [6.45, 7) is 1.40. The molecule has 2 aromatic rings. The average molecular weight is 282 g/mol. The van der Waals surface area contributed by atoms with Gasteiger partial charge < -0.3 is 4.74 Å². The van der Waals surface area contributed by atoms with E-state index in [1.165, 1.54) is 0 Å². The Labute approximate surface area is 123 Å². The van der Waals surface area contributed by atoms with Crippen LogP contribution in [0.5, 0.6) is 5.88 Å². The SMILES string of the molecule is COc1ncccc1CCN1CN(c2c[c]ccc2)N=N1. The zero-order valence-corrected chi connectivity index (χ0v) is 11.8. The van der Waals surface area contributed by atoms with Crippen molar-refractivity contribution in [3.05, 3.63) is 54.2 Å². The van der Waals surface area contributed by atoms with E-state index in [-0.39, 0.29) is 0 Å². The lowest BCUT2D eigenvalue weighted by molar-refractivity contribution is 0.316. The highest BCUT2D eigenvalue weighted by Gasteiger charge is 2.17. The van der Waals surface area contributed by atoms with Gasteiger partial charge in [0.1, 0.15) is 6.67 Å². The van der Waals surface area contributed by atoms with Gasteiger partial charge in [-0.25, -0.2) is 9.99 Å². The standard InChI is InChI=1S/C15H16N5O/c1-21-15-13(6-5-10-16-15)9-11-19-12-20(18-17-19)14-7-3-2-4-8-14/h2-3,5-8,10H,9,11-12H2,1H3. The van der Waals surface area contributed by atoms with Crippen LogP contribution in [0.1, 0.15) is 5.56 Å². The molecule has 3 rings (SSSR count). The molecule has 0 fully saturated rings. The maximum atomic E-state index is 5.25. The molecule has 0 bridgehead atoms. The van der Waals surface area contributed by atoms with Crippen LogP contribution in [0.2, 0.25) is 0 Å². The van der Waals surface area contributed by atoms with E-state index in [2.05, 4.69) is 21.5 Å². The number of nitrogens with zero attached hydrogens (tertiary/aromatic N) is 5. The van der Waals surface area contributed by atoms with Crippen LogP contribution >= 0.6 is 0 Å². The predicted octanol–water partition coefficient (Wildman–Crippen LogP) is 2.49. The summed E-state index contributed by atoms with van der Waals surface area (Å²) in [4.78, 5) is 4.20. The molecule has 21 heavy (non-hydrogen) atoms. The molecule has 2 heterocycles. The molecular weight excluding hydrogens is 266 g/mol. The van der Waals surface area contributed by atoms with Crippen LogP contribution in [0.4, 0.5) is 5.69 Å². The average Bonchev–Trinajstić information content (AvgIpc) is 3.03. The number of rotatable bonds is 5. The second-order valence-corrected chi connectivity index (χ2v) is 4.63. The van der Waals surface area contributed by atoms with E-state index in [0.29, 0.717) is 12.5 Å². The summed E-state index contributed by atoms with van der Waals surface area (Å²) >= 11 is 0. The Morgan fingerprint density at radius 3 is 3.05 bits per heavy atom. The van der Waals surface area contributed by atoms with Crippen molar-refractivity contribution in [2.45, 2.75) is 6.42 Å². The molecule has 0 spiro atoms. The molecule has 0 unspecified atom stereocenters. The Balaban J connectivity index is 1.57. The molecule has 1 aromatic heterocycles. The molecule has 0 saturated heterocycles. The molecule has 1 aromatic carbocycles. The zero-order chi connectivity index (χ0) is 14.5. The van der Waals surface area contributed by atoms with E-state index in [4.69, 9.17) is 4.74 Å². The summed E-state index contributed by atoms with van der Waals surface area (Å²) in [7, 11) is 1.63. The molecule has 6 heteroatoms. The van der Waals surface area contributed by atoms with Gasteiger partial charge in [0.05, 0.1) is 12.8 Å². The molecule has 107 valence electrons. The maximum Gasteiger partial charge on any atom is 0.216 e. The minimum absolute atomic E-state index is 0.639. The van der Waals surface area contributed by atoms with Crippen molar-refractivity contribution in [1.29, 1.82) is 0 Å². The summed E-state index contributed by atoms with van der Waals surface area (Å²) in [6, 6.07) is 14.7. The number of anilines is 1. The normalized spacial score (nSPS) is 13.8. The van der Waals surface area contributed by atoms with E-state index >= 15 is 0 Å². The topological polar surface area (TPSA) is 53.3 Å². The second-order valence-electron chi connectivity index (χ2n) is 4.63. The smallest absolute Gasteiger partial charge is 0.216 e. The first-order valence-electron chi connectivity index (χ1n) is 6.75. The first kappa shape index (κ1) is 13.4. The number of hydrogen-bond donors (Lipinski definition) is 0. The Bertz CT molecular complexity index is 616. The molecule has 1 aliphatic heterocycles. The van der Waals surface area contributed by atoms with Gasteiger partial charge in [-0.2, -0.15) is 0 Å². The van der Waals surface area contributed by atoms with Crippen LogP contribution in [0.25, 0.3) is 0 Å². The number of hydrogen-bond acceptors (Lipinski definition) is 6. The van der Waals surface area contributed by atoms with E-state index < -0.39 is 0 Å². The summed E-state index contributed by atoms with van der Waals surface area (Å²) in [5.74, 6) is 0.670. The van der Waals surface area contributed by atoms with Gasteiger partial charge in [0.15, 0.2) is 0 Å². The first-order chi connectivity index (χ1) is 10.4. The molecular formula is C15H16N5O. The van der Waals surface area contributed by atoms with Crippen molar-refractivity contribution in [1.82, 2.24) is 9.99 Å². The predicted molar refractivity (Wildman–Crippen MR) is 78.7 cm³/mol. The first-order valence-corrected chi connectivity index (χ1v) is 6.75. The highest BCUT2D eigenvalue weighted by Crippen LogP contribution is 2.20. The van der Waals surface area contributed by atoms with Gasteiger partial charge >= 0.3 is 0 Å². The molecule has 0 aliphatic carbocycles. The minimum atomic E-state index is 0.639. The van der Waals surface area contributed by atoms with Crippen molar-refractivity contribution in [3.63, 3.8) is 0 Å². The Hall–Kier alpha value is -2.63. The quantitative estimate of drug-likeness (QED) is 0.845. The third-order valence-corrected chi connectivity index (χ3v) is 3.24. The van der Waals surface area contributed by atoms with Crippen molar-refractivity contribution < 1.29 is 4.74 Å². The highest BCUT2D eigenvalue weighted by molar-refractivity contribution is 5.44. The molecule has 0 saturated carbocycles. The van der Waals surface area contributed by atoms with Crippen LogP contribution in [0, 0.1) is 6.07 Å². The Kier molecular flexibility index (Phi) is 3.95. The minimum Gasteiger partial charge on any atom is -0.481 e. The van der Waals surface area contributed by atoms with Gasteiger partial charge in [-0.3, -0.25) is 5.01 Å². The van der Waals surface area contributed by atoms with Crippen LogP contribution in [0.15, 0.2) is 53.0 Å². The lowest BCUT2D eigenvalue weighted by atomic mass is 10.2. The van der Waals surface area contributed by atoms with Crippen molar-refractivity contribution in [3.8, 4) is 5.88 Å². The largest absolute Gasteiger partial charge is 0.481 e. The van der Waals surface area contributed by atoms with E-state index in [1.54, 1.807) is 13.3 Å². The molecule has 1 radical (unpaired) electrons. The summed E-state index contributed by atoms with van der Waals surface area (Å²) < 4.78 is 5.25. The van der Waals surface area contributed by atoms with Gasteiger partial charge in [0.2, 0.25) is 5.88 Å². The number of pyridine rings is 1. The van der Waals surface area contributed by atoms with Gasteiger partial charge in [0, 0.05) is 18.3 Å². The van der Waals surface area contributed by atoms with Crippen LogP contribution < -0.4 is 9.75 Å². The lowest BCUT2D eigenvalue weighted by Crippen LogP contribution is -2.26.